The lowest BCUT2D eigenvalue weighted by Crippen LogP contribution is -2.12. The molecule has 0 spiro atoms. The Hall–Kier alpha value is -3.47. The minimum atomic E-state index is -0.148. The normalized spacial score (nSPS) is 10.8. The summed E-state index contributed by atoms with van der Waals surface area (Å²) in [5, 5.41) is 2.88. The number of aryl methyl sites for hydroxylation is 2. The fourth-order valence-corrected chi connectivity index (χ4v) is 2.69. The molecule has 0 radical (unpaired) electrons. The lowest BCUT2D eigenvalue weighted by molar-refractivity contribution is -0.111. The summed E-state index contributed by atoms with van der Waals surface area (Å²) >= 11 is 0. The maximum absolute atomic E-state index is 12.0. The van der Waals surface area contributed by atoms with Crippen LogP contribution in [0.15, 0.2) is 72.9 Å². The summed E-state index contributed by atoms with van der Waals surface area (Å²) in [5.74, 6) is 1.59. The lowest BCUT2D eigenvalue weighted by atomic mass is 10.1. The van der Waals surface area contributed by atoms with Crippen LogP contribution in [0.3, 0.4) is 0 Å². The van der Waals surface area contributed by atoms with Crippen molar-refractivity contribution >= 4 is 23.5 Å². The van der Waals surface area contributed by atoms with E-state index in [4.69, 9.17) is 0 Å². The third kappa shape index (κ3) is 5.77. The molecule has 28 heavy (non-hydrogen) atoms. The molecule has 5 heteroatoms. The average Bonchev–Trinajstić information content (AvgIpc) is 2.73. The zero-order chi connectivity index (χ0) is 19.8. The maximum Gasteiger partial charge on any atom is 0.248 e. The van der Waals surface area contributed by atoms with Gasteiger partial charge in [-0.3, -0.25) is 4.79 Å². The van der Waals surface area contributed by atoms with E-state index in [1.165, 1.54) is 11.6 Å². The molecule has 0 saturated carbocycles. The summed E-state index contributed by atoms with van der Waals surface area (Å²) in [4.78, 5) is 22.9. The Balaban J connectivity index is 1.52. The number of hydrogen-bond acceptors (Lipinski definition) is 4. The van der Waals surface area contributed by atoms with Crippen molar-refractivity contribution in [3.8, 4) is 0 Å². The molecule has 0 aliphatic heterocycles. The van der Waals surface area contributed by atoms with Crippen molar-refractivity contribution in [2.24, 2.45) is 0 Å². The van der Waals surface area contributed by atoms with Gasteiger partial charge in [0.15, 0.2) is 0 Å². The molecule has 3 rings (SSSR count). The molecule has 5 nitrogen and oxygen atoms in total. The largest absolute Gasteiger partial charge is 0.363 e. The number of anilines is 2. The van der Waals surface area contributed by atoms with Crippen LogP contribution in [0.2, 0.25) is 0 Å². The molecule has 0 aliphatic rings. The highest BCUT2D eigenvalue weighted by molar-refractivity contribution is 6.01. The third-order valence-electron chi connectivity index (χ3n) is 4.23. The number of nitrogens with one attached hydrogen (secondary N) is 1. The van der Waals surface area contributed by atoms with Gasteiger partial charge in [0.1, 0.15) is 11.6 Å². The number of nitrogens with zero attached hydrogens (tertiary/aromatic N) is 3. The van der Waals surface area contributed by atoms with E-state index < -0.39 is 0 Å². The Morgan fingerprint density at radius 2 is 1.75 bits per heavy atom. The molecule has 0 saturated heterocycles. The first kappa shape index (κ1) is 19.3. The number of aromatic nitrogens is 2. The lowest BCUT2D eigenvalue weighted by Gasteiger charge is -2.11. The Labute approximate surface area is 165 Å². The minimum absolute atomic E-state index is 0.148. The van der Waals surface area contributed by atoms with Crippen molar-refractivity contribution in [2.75, 3.05) is 24.3 Å². The highest BCUT2D eigenvalue weighted by Gasteiger charge is 2.03. The van der Waals surface area contributed by atoms with Gasteiger partial charge in [-0.2, -0.15) is 0 Å². The predicted molar refractivity (Wildman–Crippen MR) is 114 cm³/mol. The molecule has 0 fully saturated rings. The fourth-order valence-electron chi connectivity index (χ4n) is 2.69. The van der Waals surface area contributed by atoms with Crippen LogP contribution in [-0.2, 0) is 17.6 Å². The van der Waals surface area contributed by atoms with Gasteiger partial charge in [0.05, 0.1) is 0 Å². The van der Waals surface area contributed by atoms with Crippen molar-refractivity contribution in [3.63, 3.8) is 0 Å². The summed E-state index contributed by atoms with van der Waals surface area (Å²) < 4.78 is 0. The van der Waals surface area contributed by atoms with Gasteiger partial charge in [-0.25, -0.2) is 9.97 Å². The van der Waals surface area contributed by atoms with Crippen molar-refractivity contribution < 1.29 is 4.79 Å². The van der Waals surface area contributed by atoms with E-state index in [-0.39, 0.29) is 5.91 Å². The first-order valence-corrected chi connectivity index (χ1v) is 9.22. The summed E-state index contributed by atoms with van der Waals surface area (Å²) in [5.41, 5.74) is 2.95. The molecule has 2 aromatic carbocycles. The summed E-state index contributed by atoms with van der Waals surface area (Å²) in [6.07, 6.45) is 6.75. The Bertz CT molecular complexity index is 934. The molecule has 142 valence electrons. The topological polar surface area (TPSA) is 58.1 Å². The summed E-state index contributed by atoms with van der Waals surface area (Å²) in [7, 11) is 3.93. The van der Waals surface area contributed by atoms with Gasteiger partial charge in [-0.1, -0.05) is 42.5 Å². The highest BCUT2D eigenvalue weighted by atomic mass is 16.1. The smallest absolute Gasteiger partial charge is 0.248 e. The van der Waals surface area contributed by atoms with Gasteiger partial charge in [-0.05, 0) is 41.8 Å². The quantitative estimate of drug-likeness (QED) is 0.638. The Morgan fingerprint density at radius 1 is 1.00 bits per heavy atom. The van der Waals surface area contributed by atoms with E-state index in [0.717, 1.165) is 35.7 Å². The first-order valence-electron chi connectivity index (χ1n) is 9.22. The van der Waals surface area contributed by atoms with E-state index >= 15 is 0 Å². The van der Waals surface area contributed by atoms with Gasteiger partial charge in [0, 0.05) is 38.5 Å². The SMILES string of the molecule is CN(C)c1ccnc(CCc2ccc(NC(=O)/C=C/c3ccccc3)cc2)n1. The standard InChI is InChI=1S/C23H24N4O/c1-27(2)22-16-17-24-21(26-22)14-10-19-8-12-20(13-9-19)25-23(28)15-11-18-6-4-3-5-7-18/h3-9,11-13,15-17H,10,14H2,1-2H3,(H,25,28)/b15-11+. The zero-order valence-electron chi connectivity index (χ0n) is 16.2. The molecule has 1 heterocycles. The second kappa shape index (κ2) is 9.46. The molecule has 1 aromatic heterocycles. The van der Waals surface area contributed by atoms with E-state index in [1.54, 1.807) is 12.3 Å². The van der Waals surface area contributed by atoms with Crippen LogP contribution < -0.4 is 10.2 Å². The molecule has 3 aromatic rings. The minimum Gasteiger partial charge on any atom is -0.363 e. The monoisotopic (exact) mass is 372 g/mol. The second-order valence-electron chi connectivity index (χ2n) is 6.66. The maximum atomic E-state index is 12.0. The number of carbonyl (C=O) groups excluding carboxylic acids is 1. The molecule has 0 aliphatic carbocycles. The molecule has 0 unspecified atom stereocenters. The van der Waals surface area contributed by atoms with E-state index in [0.29, 0.717) is 0 Å². The predicted octanol–water partition coefficient (Wildman–Crippen LogP) is 3.98. The van der Waals surface area contributed by atoms with Gasteiger partial charge >= 0.3 is 0 Å². The van der Waals surface area contributed by atoms with Crippen molar-refractivity contribution in [1.82, 2.24) is 9.97 Å². The molecular weight excluding hydrogens is 348 g/mol. The van der Waals surface area contributed by atoms with E-state index in [9.17, 15) is 4.79 Å². The number of rotatable bonds is 7. The fraction of sp³-hybridized carbons (Fsp3) is 0.174. The Kier molecular flexibility index (Phi) is 6.52. The van der Waals surface area contributed by atoms with Gasteiger partial charge in [0.2, 0.25) is 5.91 Å². The molecule has 1 N–H and O–H groups in total. The molecular formula is C23H24N4O. The number of benzene rings is 2. The summed E-state index contributed by atoms with van der Waals surface area (Å²) in [6.45, 7) is 0. The summed E-state index contributed by atoms with van der Waals surface area (Å²) in [6, 6.07) is 19.5. The van der Waals surface area contributed by atoms with E-state index in [1.807, 2.05) is 79.7 Å². The van der Waals surface area contributed by atoms with Crippen LogP contribution in [0.4, 0.5) is 11.5 Å². The third-order valence-corrected chi connectivity index (χ3v) is 4.23. The van der Waals surface area contributed by atoms with Gasteiger partial charge < -0.3 is 10.2 Å². The van der Waals surface area contributed by atoms with Crippen LogP contribution in [0, 0.1) is 0 Å². The average molecular weight is 372 g/mol. The molecule has 1 amide bonds. The van der Waals surface area contributed by atoms with Crippen LogP contribution >= 0.6 is 0 Å². The number of amides is 1. The van der Waals surface area contributed by atoms with Crippen LogP contribution in [0.5, 0.6) is 0 Å². The number of hydrogen-bond donors (Lipinski definition) is 1. The van der Waals surface area contributed by atoms with Crippen LogP contribution in [0.25, 0.3) is 6.08 Å². The van der Waals surface area contributed by atoms with E-state index in [2.05, 4.69) is 15.3 Å². The highest BCUT2D eigenvalue weighted by Crippen LogP contribution is 2.13. The van der Waals surface area contributed by atoms with Crippen molar-refractivity contribution in [2.45, 2.75) is 12.8 Å². The Morgan fingerprint density at radius 3 is 2.46 bits per heavy atom. The second-order valence-corrected chi connectivity index (χ2v) is 6.66. The first-order chi connectivity index (χ1) is 13.6. The zero-order valence-corrected chi connectivity index (χ0v) is 16.2. The van der Waals surface area contributed by atoms with Gasteiger partial charge in [-0.15, -0.1) is 0 Å². The van der Waals surface area contributed by atoms with Crippen LogP contribution in [-0.4, -0.2) is 30.0 Å². The van der Waals surface area contributed by atoms with Gasteiger partial charge in [0.25, 0.3) is 0 Å². The van der Waals surface area contributed by atoms with Crippen molar-refractivity contribution in [1.29, 1.82) is 0 Å². The molecule has 0 bridgehead atoms. The number of carbonyl (C=O) groups is 1. The van der Waals surface area contributed by atoms with Crippen LogP contribution in [0.1, 0.15) is 17.0 Å². The van der Waals surface area contributed by atoms with Crippen molar-refractivity contribution in [3.05, 3.63) is 89.9 Å². The molecule has 0 atom stereocenters.